The summed E-state index contributed by atoms with van der Waals surface area (Å²) in [6, 6.07) is 76.7. The lowest BCUT2D eigenvalue weighted by Gasteiger charge is -2.27. The van der Waals surface area contributed by atoms with Crippen LogP contribution < -0.4 is 4.90 Å². The molecule has 0 atom stereocenters. The first-order valence-electron chi connectivity index (χ1n) is 19.2. The minimum atomic E-state index is 0.916. The van der Waals surface area contributed by atoms with Crippen LogP contribution in [0.2, 0.25) is 0 Å². The third-order valence-corrected chi connectivity index (χ3v) is 11.2. The van der Waals surface area contributed by atoms with Gasteiger partial charge in [-0.3, -0.25) is 0 Å². The number of anilines is 3. The molecule has 1 aromatic heterocycles. The van der Waals surface area contributed by atoms with Crippen LogP contribution in [0.4, 0.5) is 17.1 Å². The molecule has 0 radical (unpaired) electrons. The molecule has 0 aliphatic rings. The van der Waals surface area contributed by atoms with E-state index in [-0.39, 0.29) is 0 Å². The Labute approximate surface area is 325 Å². The minimum absolute atomic E-state index is 0.916. The Balaban J connectivity index is 1.09. The van der Waals surface area contributed by atoms with Gasteiger partial charge in [0.25, 0.3) is 0 Å². The van der Waals surface area contributed by atoms with Crippen LogP contribution in [0.1, 0.15) is 0 Å². The van der Waals surface area contributed by atoms with Crippen molar-refractivity contribution in [1.82, 2.24) is 0 Å². The molecule has 0 saturated carbocycles. The van der Waals surface area contributed by atoms with Gasteiger partial charge in [0.2, 0.25) is 0 Å². The predicted octanol–water partition coefficient (Wildman–Crippen LogP) is 15.5. The molecule has 0 bridgehead atoms. The largest absolute Gasteiger partial charge is 0.456 e. The van der Waals surface area contributed by atoms with Gasteiger partial charge >= 0.3 is 0 Å². The molecule has 0 spiro atoms. The van der Waals surface area contributed by atoms with Crippen LogP contribution in [0.15, 0.2) is 217 Å². The molecule has 1 heterocycles. The van der Waals surface area contributed by atoms with Crippen molar-refractivity contribution in [3.63, 3.8) is 0 Å². The molecule has 0 saturated heterocycles. The number of benzene rings is 10. The van der Waals surface area contributed by atoms with Gasteiger partial charge < -0.3 is 9.32 Å². The first-order chi connectivity index (χ1) is 27.7. The average Bonchev–Trinajstić information content (AvgIpc) is 3.66. The Hall–Kier alpha value is -7.42. The van der Waals surface area contributed by atoms with E-state index in [9.17, 15) is 0 Å². The third-order valence-electron chi connectivity index (χ3n) is 11.2. The second-order valence-electron chi connectivity index (χ2n) is 14.5. The van der Waals surface area contributed by atoms with Gasteiger partial charge in [0, 0.05) is 27.8 Å². The molecule has 11 rings (SSSR count). The molecule has 0 fully saturated rings. The van der Waals surface area contributed by atoms with Crippen molar-refractivity contribution >= 4 is 71.3 Å². The molecule has 0 unspecified atom stereocenters. The zero-order valence-corrected chi connectivity index (χ0v) is 30.6. The zero-order chi connectivity index (χ0) is 37.0. The summed E-state index contributed by atoms with van der Waals surface area (Å²) in [5, 5.41) is 9.58. The van der Waals surface area contributed by atoms with E-state index in [1.807, 2.05) is 12.1 Å². The minimum Gasteiger partial charge on any atom is -0.456 e. The van der Waals surface area contributed by atoms with Crippen molar-refractivity contribution in [3.8, 4) is 33.4 Å². The van der Waals surface area contributed by atoms with Crippen molar-refractivity contribution in [2.45, 2.75) is 0 Å². The molecule has 0 aliphatic heterocycles. The number of para-hydroxylation sites is 1. The molecular formula is C54H35NO. The van der Waals surface area contributed by atoms with E-state index < -0.39 is 0 Å². The molecule has 10 aromatic carbocycles. The molecule has 2 heteroatoms. The summed E-state index contributed by atoms with van der Waals surface area (Å²) < 4.78 is 6.24. The molecule has 0 amide bonds. The fourth-order valence-corrected chi connectivity index (χ4v) is 8.46. The highest BCUT2D eigenvalue weighted by Gasteiger charge is 2.18. The number of hydrogen-bond donors (Lipinski definition) is 0. The van der Waals surface area contributed by atoms with Gasteiger partial charge in [0.15, 0.2) is 0 Å². The SMILES string of the molecule is c1ccc(-c2ccc(N(c3cccc(-c4ccc5ccccc5c4)c3)c3cc(-c4ccc5c(ccc6oc7ccccc7c65)c4)c4ccccc4c3)cc2)cc1. The van der Waals surface area contributed by atoms with Crippen molar-refractivity contribution in [3.05, 3.63) is 212 Å². The number of fused-ring (bicyclic) bond motifs is 7. The monoisotopic (exact) mass is 713 g/mol. The van der Waals surface area contributed by atoms with E-state index in [1.165, 1.54) is 71.1 Å². The normalized spacial score (nSPS) is 11.6. The Morgan fingerprint density at radius 2 is 0.911 bits per heavy atom. The summed E-state index contributed by atoms with van der Waals surface area (Å²) >= 11 is 0. The molecule has 2 nitrogen and oxygen atoms in total. The fourth-order valence-electron chi connectivity index (χ4n) is 8.46. The summed E-state index contributed by atoms with van der Waals surface area (Å²) in [6.07, 6.45) is 0. The molecule has 262 valence electrons. The van der Waals surface area contributed by atoms with Gasteiger partial charge in [-0.2, -0.15) is 0 Å². The predicted molar refractivity (Wildman–Crippen MR) is 237 cm³/mol. The van der Waals surface area contributed by atoms with Gasteiger partial charge in [-0.1, -0.05) is 152 Å². The quantitative estimate of drug-likeness (QED) is 0.171. The van der Waals surface area contributed by atoms with Crippen molar-refractivity contribution in [2.75, 3.05) is 4.90 Å². The Morgan fingerprint density at radius 1 is 0.286 bits per heavy atom. The molecule has 0 aliphatic carbocycles. The van der Waals surface area contributed by atoms with Crippen LogP contribution in [0.5, 0.6) is 0 Å². The highest BCUT2D eigenvalue weighted by atomic mass is 16.3. The van der Waals surface area contributed by atoms with Crippen LogP contribution in [0, 0.1) is 0 Å². The summed E-state index contributed by atoms with van der Waals surface area (Å²) in [4.78, 5) is 2.40. The first-order valence-corrected chi connectivity index (χ1v) is 19.2. The number of hydrogen-bond acceptors (Lipinski definition) is 2. The van der Waals surface area contributed by atoms with Crippen LogP contribution in [0.3, 0.4) is 0 Å². The summed E-state index contributed by atoms with van der Waals surface area (Å²) in [6.45, 7) is 0. The molecule has 0 N–H and O–H groups in total. The maximum Gasteiger partial charge on any atom is 0.136 e. The van der Waals surface area contributed by atoms with Crippen LogP contribution in [0.25, 0.3) is 87.6 Å². The van der Waals surface area contributed by atoms with E-state index in [0.29, 0.717) is 0 Å². The van der Waals surface area contributed by atoms with Crippen LogP contribution >= 0.6 is 0 Å². The van der Waals surface area contributed by atoms with Gasteiger partial charge in [-0.05, 0) is 126 Å². The van der Waals surface area contributed by atoms with Crippen molar-refractivity contribution < 1.29 is 4.42 Å². The lowest BCUT2D eigenvalue weighted by Crippen LogP contribution is -2.10. The second-order valence-corrected chi connectivity index (χ2v) is 14.5. The lowest BCUT2D eigenvalue weighted by molar-refractivity contribution is 0.669. The van der Waals surface area contributed by atoms with Crippen molar-refractivity contribution in [2.24, 2.45) is 0 Å². The second kappa shape index (κ2) is 13.2. The third kappa shape index (κ3) is 5.51. The van der Waals surface area contributed by atoms with E-state index >= 15 is 0 Å². The maximum atomic E-state index is 6.24. The Kier molecular flexibility index (Phi) is 7.53. The molecule has 56 heavy (non-hydrogen) atoms. The molecule has 11 aromatic rings. The molecular weight excluding hydrogens is 679 g/mol. The number of furan rings is 1. The standard InChI is InChI=1S/C54H35NO/c1-2-11-36(12-3-1)38-23-27-45(28-24-38)55(46-17-10-16-40(33-46)41-22-21-37-13-4-5-14-39(37)31-41)47-34-42-15-6-7-18-48(42)51(35-47)44-25-29-49-43(32-44)26-30-53-54(49)50-19-8-9-20-52(50)56-53/h1-35H. The average molecular weight is 714 g/mol. The highest BCUT2D eigenvalue weighted by molar-refractivity contribution is 6.19. The first kappa shape index (κ1) is 32.0. The maximum absolute atomic E-state index is 6.24. The summed E-state index contributed by atoms with van der Waals surface area (Å²) in [5.41, 5.74) is 12.2. The summed E-state index contributed by atoms with van der Waals surface area (Å²) in [5.74, 6) is 0. The van der Waals surface area contributed by atoms with Gasteiger partial charge in [-0.25, -0.2) is 0 Å². The number of rotatable bonds is 6. The smallest absolute Gasteiger partial charge is 0.136 e. The van der Waals surface area contributed by atoms with Crippen molar-refractivity contribution in [1.29, 1.82) is 0 Å². The number of nitrogens with zero attached hydrogens (tertiary/aromatic N) is 1. The van der Waals surface area contributed by atoms with Crippen LogP contribution in [-0.4, -0.2) is 0 Å². The lowest BCUT2D eigenvalue weighted by atomic mass is 9.94. The van der Waals surface area contributed by atoms with Gasteiger partial charge in [0.1, 0.15) is 11.2 Å². The van der Waals surface area contributed by atoms with Crippen LogP contribution in [-0.2, 0) is 0 Å². The van der Waals surface area contributed by atoms with Gasteiger partial charge in [0.05, 0.1) is 0 Å². The van der Waals surface area contributed by atoms with E-state index in [0.717, 1.165) is 33.6 Å². The Morgan fingerprint density at radius 3 is 1.79 bits per heavy atom. The summed E-state index contributed by atoms with van der Waals surface area (Å²) in [7, 11) is 0. The fraction of sp³-hybridized carbons (Fsp3) is 0. The van der Waals surface area contributed by atoms with Gasteiger partial charge in [-0.15, -0.1) is 0 Å². The highest BCUT2D eigenvalue weighted by Crippen LogP contribution is 2.43. The van der Waals surface area contributed by atoms with E-state index in [4.69, 9.17) is 4.42 Å². The van der Waals surface area contributed by atoms with E-state index in [2.05, 4.69) is 205 Å². The topological polar surface area (TPSA) is 16.4 Å². The Bertz CT molecular complexity index is 3250. The van der Waals surface area contributed by atoms with E-state index in [1.54, 1.807) is 0 Å². The zero-order valence-electron chi connectivity index (χ0n) is 30.6.